The van der Waals surface area contributed by atoms with Crippen molar-refractivity contribution in [3.05, 3.63) is 57.4 Å². The fourth-order valence-electron chi connectivity index (χ4n) is 1.58. The van der Waals surface area contributed by atoms with E-state index in [2.05, 4.69) is 27.6 Å². The van der Waals surface area contributed by atoms with Crippen LogP contribution < -0.4 is 4.74 Å². The van der Waals surface area contributed by atoms with Gasteiger partial charge in [0, 0.05) is 20.9 Å². The van der Waals surface area contributed by atoms with E-state index in [-0.39, 0.29) is 5.78 Å². The zero-order valence-electron chi connectivity index (χ0n) is 9.89. The second-order valence-electron chi connectivity index (χ2n) is 3.68. The van der Waals surface area contributed by atoms with Crippen molar-refractivity contribution < 1.29 is 9.53 Å². The topological polar surface area (TPSA) is 39.2 Å². The van der Waals surface area contributed by atoms with Gasteiger partial charge in [-0.2, -0.15) is 0 Å². The molecule has 4 heteroatoms. The molecule has 0 aliphatic heterocycles. The number of carbonyl (C=O) groups excluding carboxylic acids is 1. The number of ketones is 1. The molecule has 0 atom stereocenters. The van der Waals surface area contributed by atoms with Crippen molar-refractivity contribution in [3.8, 4) is 5.75 Å². The van der Waals surface area contributed by atoms with Crippen LogP contribution in [-0.4, -0.2) is 17.4 Å². The summed E-state index contributed by atoms with van der Waals surface area (Å²) in [5, 5.41) is 0. The SMILES string of the molecule is CCOc1cncc(C(=O)c2cccc(I)c2)c1. The van der Waals surface area contributed by atoms with Gasteiger partial charge in [0.25, 0.3) is 0 Å². The maximum atomic E-state index is 12.3. The standard InChI is InChI=1S/C14H12INO2/c1-2-18-13-7-11(8-16-9-13)14(17)10-4-3-5-12(15)6-10/h3-9H,2H2,1H3. The van der Waals surface area contributed by atoms with Gasteiger partial charge < -0.3 is 4.74 Å². The van der Waals surface area contributed by atoms with Gasteiger partial charge in [-0.05, 0) is 47.7 Å². The Balaban J connectivity index is 2.31. The smallest absolute Gasteiger partial charge is 0.194 e. The monoisotopic (exact) mass is 353 g/mol. The number of rotatable bonds is 4. The molecule has 0 N–H and O–H groups in total. The molecular weight excluding hydrogens is 341 g/mol. The quantitative estimate of drug-likeness (QED) is 0.625. The van der Waals surface area contributed by atoms with Gasteiger partial charge in [-0.15, -0.1) is 0 Å². The number of hydrogen-bond donors (Lipinski definition) is 0. The first-order valence-corrected chi connectivity index (χ1v) is 6.66. The summed E-state index contributed by atoms with van der Waals surface area (Å²) in [4.78, 5) is 16.3. The predicted octanol–water partition coefficient (Wildman–Crippen LogP) is 3.32. The number of benzene rings is 1. The Kier molecular flexibility index (Phi) is 4.30. The molecule has 0 saturated carbocycles. The van der Waals surface area contributed by atoms with E-state index in [4.69, 9.17) is 4.74 Å². The van der Waals surface area contributed by atoms with E-state index in [1.54, 1.807) is 24.5 Å². The van der Waals surface area contributed by atoms with E-state index in [1.165, 1.54) is 0 Å². The van der Waals surface area contributed by atoms with Gasteiger partial charge in [0.1, 0.15) is 5.75 Å². The Hall–Kier alpha value is -1.43. The number of nitrogens with zero attached hydrogens (tertiary/aromatic N) is 1. The lowest BCUT2D eigenvalue weighted by molar-refractivity contribution is 0.103. The number of carbonyl (C=O) groups is 1. The van der Waals surface area contributed by atoms with Crippen molar-refractivity contribution in [1.82, 2.24) is 4.98 Å². The molecule has 0 radical (unpaired) electrons. The molecule has 1 aromatic heterocycles. The first-order valence-electron chi connectivity index (χ1n) is 5.59. The molecule has 18 heavy (non-hydrogen) atoms. The van der Waals surface area contributed by atoms with Crippen LogP contribution in [0.25, 0.3) is 0 Å². The summed E-state index contributed by atoms with van der Waals surface area (Å²) in [5.41, 5.74) is 1.21. The van der Waals surface area contributed by atoms with Crippen molar-refractivity contribution in [1.29, 1.82) is 0 Å². The van der Waals surface area contributed by atoms with Crippen LogP contribution in [0.1, 0.15) is 22.8 Å². The Bertz CT molecular complexity index is 569. The first-order chi connectivity index (χ1) is 8.70. The molecule has 2 rings (SSSR count). The average molecular weight is 353 g/mol. The molecule has 2 aromatic rings. The van der Waals surface area contributed by atoms with Crippen LogP contribution in [0.3, 0.4) is 0 Å². The highest BCUT2D eigenvalue weighted by Crippen LogP contribution is 2.16. The molecule has 92 valence electrons. The summed E-state index contributed by atoms with van der Waals surface area (Å²) < 4.78 is 6.37. The molecule has 0 unspecified atom stereocenters. The van der Waals surface area contributed by atoms with Crippen LogP contribution >= 0.6 is 22.6 Å². The molecule has 0 saturated heterocycles. The van der Waals surface area contributed by atoms with Crippen LogP contribution in [0.15, 0.2) is 42.7 Å². The van der Waals surface area contributed by atoms with E-state index >= 15 is 0 Å². The molecule has 1 aromatic carbocycles. The van der Waals surface area contributed by atoms with E-state index in [0.717, 1.165) is 3.57 Å². The van der Waals surface area contributed by atoms with Gasteiger partial charge in [-0.25, -0.2) is 0 Å². The number of halogens is 1. The summed E-state index contributed by atoms with van der Waals surface area (Å²) in [6.07, 6.45) is 3.17. The lowest BCUT2D eigenvalue weighted by Gasteiger charge is -2.05. The number of hydrogen-bond acceptors (Lipinski definition) is 3. The predicted molar refractivity (Wildman–Crippen MR) is 78.0 cm³/mol. The second-order valence-corrected chi connectivity index (χ2v) is 4.93. The van der Waals surface area contributed by atoms with Crippen LogP contribution in [0.2, 0.25) is 0 Å². The largest absolute Gasteiger partial charge is 0.492 e. The lowest BCUT2D eigenvalue weighted by Crippen LogP contribution is -2.03. The minimum Gasteiger partial charge on any atom is -0.492 e. The summed E-state index contributed by atoms with van der Waals surface area (Å²) in [5.74, 6) is 0.580. The van der Waals surface area contributed by atoms with Gasteiger partial charge in [-0.3, -0.25) is 9.78 Å². The van der Waals surface area contributed by atoms with Gasteiger partial charge in [-0.1, -0.05) is 12.1 Å². The molecule has 3 nitrogen and oxygen atoms in total. The van der Waals surface area contributed by atoms with Gasteiger partial charge in [0.2, 0.25) is 0 Å². The number of ether oxygens (including phenoxy) is 1. The van der Waals surface area contributed by atoms with Crippen molar-refractivity contribution in [2.75, 3.05) is 6.61 Å². The van der Waals surface area contributed by atoms with E-state index < -0.39 is 0 Å². The van der Waals surface area contributed by atoms with E-state index in [9.17, 15) is 4.79 Å². The first kappa shape index (κ1) is 13.0. The summed E-state index contributed by atoms with van der Waals surface area (Å²) in [6.45, 7) is 2.45. The second kappa shape index (κ2) is 5.95. The maximum Gasteiger partial charge on any atom is 0.194 e. The molecule has 0 amide bonds. The number of pyridine rings is 1. The molecule has 0 aliphatic rings. The van der Waals surface area contributed by atoms with Gasteiger partial charge in [0.15, 0.2) is 5.78 Å². The zero-order chi connectivity index (χ0) is 13.0. The molecular formula is C14H12INO2. The normalized spacial score (nSPS) is 10.1. The molecule has 0 fully saturated rings. The third-order valence-corrected chi connectivity index (χ3v) is 3.04. The van der Waals surface area contributed by atoms with Crippen LogP contribution in [0.4, 0.5) is 0 Å². The Labute approximate surface area is 119 Å². The van der Waals surface area contributed by atoms with Crippen molar-refractivity contribution >= 4 is 28.4 Å². The minimum atomic E-state index is -0.0393. The Morgan fingerprint density at radius 1 is 1.28 bits per heavy atom. The number of aromatic nitrogens is 1. The molecule has 0 aliphatic carbocycles. The summed E-state index contributed by atoms with van der Waals surface area (Å²) in [6, 6.07) is 9.20. The molecule has 0 spiro atoms. The van der Waals surface area contributed by atoms with Gasteiger partial charge in [0.05, 0.1) is 12.8 Å². The summed E-state index contributed by atoms with van der Waals surface area (Å²) in [7, 11) is 0. The Morgan fingerprint density at radius 2 is 2.11 bits per heavy atom. The third-order valence-electron chi connectivity index (χ3n) is 2.37. The van der Waals surface area contributed by atoms with E-state index in [1.807, 2.05) is 25.1 Å². The van der Waals surface area contributed by atoms with Crippen LogP contribution in [0, 0.1) is 3.57 Å². The fraction of sp³-hybridized carbons (Fsp3) is 0.143. The Morgan fingerprint density at radius 3 is 2.83 bits per heavy atom. The maximum absolute atomic E-state index is 12.3. The fourth-order valence-corrected chi connectivity index (χ4v) is 2.13. The zero-order valence-corrected chi connectivity index (χ0v) is 12.0. The average Bonchev–Trinajstić information content (AvgIpc) is 2.39. The molecule has 0 bridgehead atoms. The van der Waals surface area contributed by atoms with Crippen LogP contribution in [0.5, 0.6) is 5.75 Å². The highest BCUT2D eigenvalue weighted by Gasteiger charge is 2.10. The van der Waals surface area contributed by atoms with Crippen molar-refractivity contribution in [2.45, 2.75) is 6.92 Å². The van der Waals surface area contributed by atoms with Gasteiger partial charge >= 0.3 is 0 Å². The van der Waals surface area contributed by atoms with Crippen LogP contribution in [-0.2, 0) is 0 Å². The summed E-state index contributed by atoms with van der Waals surface area (Å²) >= 11 is 2.19. The lowest BCUT2D eigenvalue weighted by atomic mass is 10.1. The van der Waals surface area contributed by atoms with E-state index in [0.29, 0.717) is 23.5 Å². The van der Waals surface area contributed by atoms with Crippen molar-refractivity contribution in [2.24, 2.45) is 0 Å². The van der Waals surface area contributed by atoms with Crippen molar-refractivity contribution in [3.63, 3.8) is 0 Å². The molecule has 1 heterocycles. The third kappa shape index (κ3) is 3.07. The minimum absolute atomic E-state index is 0.0393. The highest BCUT2D eigenvalue weighted by molar-refractivity contribution is 14.1. The highest BCUT2D eigenvalue weighted by atomic mass is 127.